The van der Waals surface area contributed by atoms with E-state index in [-0.39, 0.29) is 5.01 Å². The fourth-order valence-electron chi connectivity index (χ4n) is 0.607. The zero-order valence-electron chi connectivity index (χ0n) is 6.06. The normalized spacial score (nSPS) is 11.7. The molecular weight excluding hydrogens is 271 g/mol. The highest BCUT2D eigenvalue weighted by Gasteiger charge is 2.38. The average Bonchev–Trinajstić information content (AvgIpc) is 2.33. The fraction of sp³-hybridized carbons (Fsp3) is 0.333. The van der Waals surface area contributed by atoms with E-state index >= 15 is 0 Å². The van der Waals surface area contributed by atoms with Crippen molar-refractivity contribution in [1.82, 2.24) is 4.98 Å². The number of alkyl halides is 3. The zero-order chi connectivity index (χ0) is 10.1. The van der Waals surface area contributed by atoms with Crippen LogP contribution in [-0.2, 0) is 11.2 Å². The molecule has 0 aromatic carbocycles. The van der Waals surface area contributed by atoms with Crippen LogP contribution in [0.2, 0.25) is 0 Å². The van der Waals surface area contributed by atoms with Crippen LogP contribution in [0, 0.1) is 0 Å². The first-order chi connectivity index (χ1) is 5.89. The second-order valence-electron chi connectivity index (χ2n) is 2.16. The topological polar surface area (TPSA) is 30.0 Å². The second-order valence-corrected chi connectivity index (χ2v) is 4.65. The lowest BCUT2D eigenvalue weighted by atomic mass is 10.3. The van der Waals surface area contributed by atoms with E-state index in [4.69, 9.17) is 0 Å². The van der Waals surface area contributed by atoms with Crippen LogP contribution in [0.1, 0.15) is 5.01 Å². The summed E-state index contributed by atoms with van der Waals surface area (Å²) in [4.78, 5) is 14.1. The van der Waals surface area contributed by atoms with Crippen molar-refractivity contribution in [3.8, 4) is 0 Å². The van der Waals surface area contributed by atoms with Gasteiger partial charge in [-0.3, -0.25) is 4.79 Å². The number of aromatic nitrogens is 1. The Morgan fingerprint density at radius 3 is 2.62 bits per heavy atom. The molecule has 0 spiro atoms. The van der Waals surface area contributed by atoms with Crippen molar-refractivity contribution in [2.45, 2.75) is 12.6 Å². The van der Waals surface area contributed by atoms with Gasteiger partial charge >= 0.3 is 6.18 Å². The quantitative estimate of drug-likeness (QED) is 0.829. The minimum Gasteiger partial charge on any atom is -0.289 e. The third-order valence-electron chi connectivity index (χ3n) is 1.15. The molecule has 7 heteroatoms. The van der Waals surface area contributed by atoms with E-state index in [1.807, 2.05) is 0 Å². The van der Waals surface area contributed by atoms with E-state index < -0.39 is 18.4 Å². The maximum Gasteiger partial charge on any atom is 0.450 e. The van der Waals surface area contributed by atoms with Crippen LogP contribution in [0.25, 0.3) is 0 Å². The summed E-state index contributed by atoms with van der Waals surface area (Å²) in [6.07, 6.45) is -4.08. The highest BCUT2D eigenvalue weighted by atomic mass is 79.9. The molecule has 0 saturated heterocycles. The molecule has 2 nitrogen and oxygen atoms in total. The Balaban J connectivity index is 2.65. The van der Waals surface area contributed by atoms with E-state index in [1.54, 1.807) is 0 Å². The van der Waals surface area contributed by atoms with Gasteiger partial charge in [-0.25, -0.2) is 4.98 Å². The van der Waals surface area contributed by atoms with Crippen LogP contribution < -0.4 is 0 Å². The summed E-state index contributed by atoms with van der Waals surface area (Å²) < 4.78 is 35.9. The van der Waals surface area contributed by atoms with Gasteiger partial charge in [-0.15, -0.1) is 11.3 Å². The molecule has 0 saturated carbocycles. The first kappa shape index (κ1) is 10.6. The Kier molecular flexibility index (Phi) is 3.07. The number of hydrogen-bond donors (Lipinski definition) is 0. The summed E-state index contributed by atoms with van der Waals surface area (Å²) in [5.41, 5.74) is 0. The number of thiazole rings is 1. The van der Waals surface area contributed by atoms with Crippen molar-refractivity contribution in [3.05, 3.63) is 15.0 Å². The Labute approximate surface area is 83.9 Å². The van der Waals surface area contributed by atoms with Gasteiger partial charge in [0, 0.05) is 0 Å². The van der Waals surface area contributed by atoms with Crippen molar-refractivity contribution < 1.29 is 18.0 Å². The number of halogens is 4. The predicted octanol–water partition coefficient (Wildman–Crippen LogP) is 2.58. The molecule has 0 bridgehead atoms. The lowest BCUT2D eigenvalue weighted by Crippen LogP contribution is -2.24. The van der Waals surface area contributed by atoms with Gasteiger partial charge in [0.15, 0.2) is 0 Å². The first-order valence-electron chi connectivity index (χ1n) is 3.10. The molecule has 0 unspecified atom stereocenters. The van der Waals surface area contributed by atoms with E-state index in [2.05, 4.69) is 20.9 Å². The summed E-state index contributed by atoms with van der Waals surface area (Å²) in [5, 5.41) is 0.161. The lowest BCUT2D eigenvalue weighted by Gasteiger charge is -2.01. The number of Topliss-reactive ketones (excluding diaryl/α,β-unsaturated/α-hetero) is 1. The maximum absolute atomic E-state index is 11.8. The maximum atomic E-state index is 11.8. The van der Waals surface area contributed by atoms with Gasteiger partial charge in [0.25, 0.3) is 0 Å². The van der Waals surface area contributed by atoms with Crippen molar-refractivity contribution in [2.75, 3.05) is 0 Å². The monoisotopic (exact) mass is 273 g/mol. The Hall–Kier alpha value is -0.430. The number of carbonyl (C=O) groups excluding carboxylic acids is 1. The van der Waals surface area contributed by atoms with E-state index in [0.29, 0.717) is 3.79 Å². The van der Waals surface area contributed by atoms with Crippen molar-refractivity contribution in [2.24, 2.45) is 0 Å². The van der Waals surface area contributed by atoms with Crippen molar-refractivity contribution in [1.29, 1.82) is 0 Å². The summed E-state index contributed by atoms with van der Waals surface area (Å²) in [7, 11) is 0. The molecule has 0 radical (unpaired) electrons. The molecule has 72 valence electrons. The van der Waals surface area contributed by atoms with Crippen LogP contribution in [0.4, 0.5) is 13.2 Å². The summed E-state index contributed by atoms with van der Waals surface area (Å²) in [6.45, 7) is 0. The summed E-state index contributed by atoms with van der Waals surface area (Å²) >= 11 is 4.05. The summed E-state index contributed by atoms with van der Waals surface area (Å²) in [5.74, 6) is -1.77. The molecule has 1 aromatic rings. The van der Waals surface area contributed by atoms with Gasteiger partial charge in [0.05, 0.1) is 16.4 Å². The third kappa shape index (κ3) is 3.07. The van der Waals surface area contributed by atoms with E-state index in [1.165, 1.54) is 6.20 Å². The minimum absolute atomic E-state index is 0.161. The highest BCUT2D eigenvalue weighted by molar-refractivity contribution is 9.11. The molecule has 0 N–H and O–H groups in total. The van der Waals surface area contributed by atoms with Crippen LogP contribution in [0.5, 0.6) is 0 Å². The number of ketones is 1. The molecule has 0 atom stereocenters. The third-order valence-corrected chi connectivity index (χ3v) is 2.63. The van der Waals surface area contributed by atoms with Crippen molar-refractivity contribution in [3.63, 3.8) is 0 Å². The standard InChI is InChI=1S/C6H3BrF3NOS/c7-4-2-11-5(13-4)1-3(12)6(8,9)10/h2H,1H2. The largest absolute Gasteiger partial charge is 0.450 e. The molecule has 0 fully saturated rings. The van der Waals surface area contributed by atoms with E-state index in [0.717, 1.165) is 11.3 Å². The Bertz CT molecular complexity index is 322. The summed E-state index contributed by atoms with van der Waals surface area (Å²) in [6, 6.07) is 0. The predicted molar refractivity (Wildman–Crippen MR) is 44.6 cm³/mol. The molecule has 1 heterocycles. The Morgan fingerprint density at radius 1 is 1.62 bits per heavy atom. The van der Waals surface area contributed by atoms with Gasteiger partial charge in [0.1, 0.15) is 5.01 Å². The number of rotatable bonds is 2. The number of nitrogens with zero attached hydrogens (tertiary/aromatic N) is 1. The lowest BCUT2D eigenvalue weighted by molar-refractivity contribution is -0.170. The minimum atomic E-state index is -4.77. The van der Waals surface area contributed by atoms with Gasteiger partial charge in [0.2, 0.25) is 5.78 Å². The molecular formula is C6H3BrF3NOS. The molecule has 0 amide bonds. The molecule has 1 aromatic heterocycles. The highest BCUT2D eigenvalue weighted by Crippen LogP contribution is 2.23. The van der Waals surface area contributed by atoms with Crippen LogP contribution >= 0.6 is 27.3 Å². The van der Waals surface area contributed by atoms with Crippen LogP contribution in [0.3, 0.4) is 0 Å². The SMILES string of the molecule is O=C(Cc1ncc(Br)s1)C(F)(F)F. The van der Waals surface area contributed by atoms with Crippen molar-refractivity contribution >= 4 is 33.0 Å². The molecule has 0 aliphatic carbocycles. The smallest absolute Gasteiger partial charge is 0.289 e. The molecule has 0 aliphatic heterocycles. The van der Waals surface area contributed by atoms with Crippen LogP contribution in [0.15, 0.2) is 9.98 Å². The average molecular weight is 274 g/mol. The zero-order valence-corrected chi connectivity index (χ0v) is 8.46. The van der Waals surface area contributed by atoms with E-state index in [9.17, 15) is 18.0 Å². The fourth-order valence-corrected chi connectivity index (χ4v) is 1.91. The number of hydrogen-bond acceptors (Lipinski definition) is 3. The first-order valence-corrected chi connectivity index (χ1v) is 4.71. The Morgan fingerprint density at radius 2 is 2.23 bits per heavy atom. The molecule has 0 aliphatic rings. The van der Waals surface area contributed by atoms with Gasteiger partial charge in [-0.1, -0.05) is 0 Å². The van der Waals surface area contributed by atoms with Gasteiger partial charge in [-0.05, 0) is 15.9 Å². The molecule has 1 rings (SSSR count). The number of carbonyl (C=O) groups is 1. The molecule has 13 heavy (non-hydrogen) atoms. The second kappa shape index (κ2) is 3.75. The van der Waals surface area contributed by atoms with Gasteiger partial charge in [-0.2, -0.15) is 13.2 Å². The van der Waals surface area contributed by atoms with Crippen LogP contribution in [-0.4, -0.2) is 16.9 Å². The van der Waals surface area contributed by atoms with Gasteiger partial charge < -0.3 is 0 Å².